The molecule has 4 rings (SSSR count). The minimum Gasteiger partial charge on any atom is -0.355 e. The van der Waals surface area contributed by atoms with Crippen LogP contribution in [0.25, 0.3) is 5.69 Å². The van der Waals surface area contributed by atoms with Crippen molar-refractivity contribution in [2.75, 3.05) is 19.6 Å². The van der Waals surface area contributed by atoms with Crippen molar-refractivity contribution < 1.29 is 9.59 Å². The molecule has 0 spiro atoms. The average Bonchev–Trinajstić information content (AvgIpc) is 3.25. The lowest BCUT2D eigenvalue weighted by atomic mass is 10.0. The maximum absolute atomic E-state index is 12.7. The fourth-order valence-corrected chi connectivity index (χ4v) is 3.22. The molecule has 3 heterocycles. The Morgan fingerprint density at radius 1 is 1.23 bits per heavy atom. The van der Waals surface area contributed by atoms with Crippen molar-refractivity contribution >= 4 is 11.8 Å². The zero-order valence-corrected chi connectivity index (χ0v) is 11.8. The summed E-state index contributed by atoms with van der Waals surface area (Å²) in [5, 5.41) is 10.4. The largest absolute Gasteiger partial charge is 0.355 e. The number of aromatic nitrogens is 3. The van der Waals surface area contributed by atoms with Crippen LogP contribution in [-0.4, -0.2) is 51.1 Å². The third-order valence-corrected chi connectivity index (χ3v) is 4.41. The number of carbonyl (C=O) groups is 2. The van der Waals surface area contributed by atoms with Crippen LogP contribution >= 0.6 is 0 Å². The molecule has 1 aromatic heterocycles. The van der Waals surface area contributed by atoms with Crippen LogP contribution in [0, 0.1) is 11.8 Å². The van der Waals surface area contributed by atoms with Gasteiger partial charge in [0.1, 0.15) is 12.7 Å². The summed E-state index contributed by atoms with van der Waals surface area (Å²) in [6.45, 7) is 1.82. The first-order chi connectivity index (χ1) is 10.7. The van der Waals surface area contributed by atoms with Crippen molar-refractivity contribution in [3.63, 3.8) is 0 Å². The lowest BCUT2D eigenvalue weighted by Gasteiger charge is -2.17. The Morgan fingerprint density at radius 3 is 2.82 bits per heavy atom. The summed E-state index contributed by atoms with van der Waals surface area (Å²) >= 11 is 0. The molecule has 1 aromatic carbocycles. The Morgan fingerprint density at radius 2 is 2.05 bits per heavy atom. The molecule has 0 radical (unpaired) electrons. The number of nitrogens with zero attached hydrogens (tertiary/aromatic N) is 4. The van der Waals surface area contributed by atoms with E-state index in [1.807, 2.05) is 18.2 Å². The van der Waals surface area contributed by atoms with Gasteiger partial charge in [0, 0.05) is 36.8 Å². The number of fused-ring (bicyclic) bond motifs is 1. The van der Waals surface area contributed by atoms with Gasteiger partial charge < -0.3 is 10.2 Å². The maximum atomic E-state index is 12.7. The molecule has 1 N–H and O–H groups in total. The Hall–Kier alpha value is -2.70. The van der Waals surface area contributed by atoms with Gasteiger partial charge in [0.15, 0.2) is 0 Å². The zero-order chi connectivity index (χ0) is 15.1. The summed E-state index contributed by atoms with van der Waals surface area (Å²) in [7, 11) is 0. The van der Waals surface area contributed by atoms with Gasteiger partial charge in [-0.25, -0.2) is 0 Å². The van der Waals surface area contributed by atoms with Gasteiger partial charge in [0.2, 0.25) is 5.91 Å². The van der Waals surface area contributed by atoms with Crippen molar-refractivity contribution in [3.8, 4) is 5.69 Å². The summed E-state index contributed by atoms with van der Waals surface area (Å²) in [5.41, 5.74) is 1.46. The van der Waals surface area contributed by atoms with Crippen LogP contribution in [0.3, 0.4) is 0 Å². The number of hydrogen-bond donors (Lipinski definition) is 1. The maximum Gasteiger partial charge on any atom is 0.253 e. The predicted octanol–water partition coefficient (Wildman–Crippen LogP) is 0.0853. The molecule has 2 aliphatic heterocycles. The van der Waals surface area contributed by atoms with Crippen LogP contribution < -0.4 is 5.32 Å². The lowest BCUT2D eigenvalue weighted by molar-refractivity contribution is -0.122. The van der Waals surface area contributed by atoms with Crippen molar-refractivity contribution in [1.29, 1.82) is 0 Å². The van der Waals surface area contributed by atoms with E-state index in [1.54, 1.807) is 28.2 Å². The molecule has 2 saturated heterocycles. The first kappa shape index (κ1) is 13.0. The summed E-state index contributed by atoms with van der Waals surface area (Å²) in [5.74, 6) is 0.234. The summed E-state index contributed by atoms with van der Waals surface area (Å²) < 4.78 is 1.75. The minimum absolute atomic E-state index is 0.0304. The lowest BCUT2D eigenvalue weighted by Crippen LogP contribution is -2.33. The van der Waals surface area contributed by atoms with Crippen LogP contribution in [-0.2, 0) is 4.79 Å². The van der Waals surface area contributed by atoms with E-state index in [2.05, 4.69) is 15.5 Å². The van der Waals surface area contributed by atoms with Gasteiger partial charge in [-0.15, -0.1) is 10.2 Å². The van der Waals surface area contributed by atoms with E-state index in [0.29, 0.717) is 25.2 Å². The van der Waals surface area contributed by atoms with E-state index < -0.39 is 0 Å². The highest BCUT2D eigenvalue weighted by atomic mass is 16.2. The highest BCUT2D eigenvalue weighted by Gasteiger charge is 2.43. The van der Waals surface area contributed by atoms with Crippen LogP contribution in [0.1, 0.15) is 10.4 Å². The molecule has 22 heavy (non-hydrogen) atoms. The van der Waals surface area contributed by atoms with Crippen molar-refractivity contribution in [1.82, 2.24) is 25.0 Å². The number of rotatable bonds is 2. The fraction of sp³-hybridized carbons (Fsp3) is 0.333. The third kappa shape index (κ3) is 2.05. The second-order valence-corrected chi connectivity index (χ2v) is 5.74. The number of benzene rings is 1. The van der Waals surface area contributed by atoms with Gasteiger partial charge in [-0.3, -0.25) is 14.2 Å². The van der Waals surface area contributed by atoms with Gasteiger partial charge in [0.25, 0.3) is 5.91 Å². The standard InChI is InChI=1S/C15H15N5O2/c21-14-13-7-19(6-11(13)5-16-14)15(22)10-2-1-3-12(4-10)20-8-17-18-9-20/h1-4,8-9,11,13H,5-7H2,(H,16,21)/t11-,13+/m0/s1. The second kappa shape index (κ2) is 4.94. The van der Waals surface area contributed by atoms with Gasteiger partial charge in [-0.1, -0.05) is 6.07 Å². The highest BCUT2D eigenvalue weighted by molar-refractivity contribution is 5.95. The predicted molar refractivity (Wildman–Crippen MR) is 77.3 cm³/mol. The number of amides is 2. The summed E-state index contributed by atoms with van der Waals surface area (Å²) in [6, 6.07) is 7.35. The molecule has 2 amide bonds. The number of hydrogen-bond acceptors (Lipinski definition) is 4. The first-order valence-corrected chi connectivity index (χ1v) is 7.24. The number of nitrogens with one attached hydrogen (secondary N) is 1. The molecule has 0 aliphatic carbocycles. The summed E-state index contributed by atoms with van der Waals surface area (Å²) in [6.07, 6.45) is 3.18. The van der Waals surface area contributed by atoms with E-state index in [4.69, 9.17) is 0 Å². The van der Waals surface area contributed by atoms with E-state index in [-0.39, 0.29) is 23.7 Å². The Labute approximate surface area is 126 Å². The molecule has 2 aliphatic rings. The van der Waals surface area contributed by atoms with Gasteiger partial charge >= 0.3 is 0 Å². The van der Waals surface area contributed by atoms with E-state index >= 15 is 0 Å². The monoisotopic (exact) mass is 297 g/mol. The number of carbonyl (C=O) groups excluding carboxylic acids is 2. The zero-order valence-electron chi connectivity index (χ0n) is 11.8. The molecular weight excluding hydrogens is 282 g/mol. The fourth-order valence-electron chi connectivity index (χ4n) is 3.22. The van der Waals surface area contributed by atoms with Crippen LogP contribution in [0.2, 0.25) is 0 Å². The Balaban J connectivity index is 1.56. The Kier molecular flexibility index (Phi) is 2.92. The quantitative estimate of drug-likeness (QED) is 0.851. The topological polar surface area (TPSA) is 80.1 Å². The van der Waals surface area contributed by atoms with Crippen LogP contribution in [0.4, 0.5) is 0 Å². The molecule has 0 unspecified atom stereocenters. The minimum atomic E-state index is -0.0509. The first-order valence-electron chi connectivity index (χ1n) is 7.24. The van der Waals surface area contributed by atoms with E-state index in [1.165, 1.54) is 0 Å². The molecule has 7 nitrogen and oxygen atoms in total. The van der Waals surface area contributed by atoms with Gasteiger partial charge in [0.05, 0.1) is 5.92 Å². The van der Waals surface area contributed by atoms with E-state index in [9.17, 15) is 9.59 Å². The van der Waals surface area contributed by atoms with Gasteiger partial charge in [-0.05, 0) is 18.2 Å². The molecule has 112 valence electrons. The number of likely N-dealkylation sites (tertiary alicyclic amines) is 1. The third-order valence-electron chi connectivity index (χ3n) is 4.41. The molecule has 2 fully saturated rings. The van der Waals surface area contributed by atoms with E-state index in [0.717, 1.165) is 5.69 Å². The van der Waals surface area contributed by atoms with Crippen molar-refractivity contribution in [2.45, 2.75) is 0 Å². The SMILES string of the molecule is O=C1NC[C@H]2CN(C(=O)c3cccc(-n4cnnc4)c3)C[C@@H]12. The molecule has 2 aromatic rings. The Bertz CT molecular complexity index is 727. The molecule has 7 heteroatoms. The molecule has 0 saturated carbocycles. The molecular formula is C15H15N5O2. The second-order valence-electron chi connectivity index (χ2n) is 5.74. The average molecular weight is 297 g/mol. The molecule has 2 atom stereocenters. The highest BCUT2D eigenvalue weighted by Crippen LogP contribution is 2.28. The van der Waals surface area contributed by atoms with Gasteiger partial charge in [-0.2, -0.15) is 0 Å². The van der Waals surface area contributed by atoms with Crippen molar-refractivity contribution in [3.05, 3.63) is 42.5 Å². The van der Waals surface area contributed by atoms with Crippen LogP contribution in [0.5, 0.6) is 0 Å². The van der Waals surface area contributed by atoms with Crippen molar-refractivity contribution in [2.24, 2.45) is 11.8 Å². The molecule has 0 bridgehead atoms. The smallest absolute Gasteiger partial charge is 0.253 e. The summed E-state index contributed by atoms with van der Waals surface area (Å²) in [4.78, 5) is 26.1. The van der Waals surface area contributed by atoms with Crippen LogP contribution in [0.15, 0.2) is 36.9 Å². The normalized spacial score (nSPS) is 23.5.